The van der Waals surface area contributed by atoms with Crippen molar-refractivity contribution < 1.29 is 4.92 Å². The van der Waals surface area contributed by atoms with Crippen LogP contribution in [0, 0.1) is 16.0 Å². The molecular formula is C15H26IN5O2. The zero-order valence-corrected chi connectivity index (χ0v) is 16.2. The van der Waals surface area contributed by atoms with Gasteiger partial charge >= 0.3 is 0 Å². The van der Waals surface area contributed by atoms with Gasteiger partial charge in [-0.25, -0.2) is 0 Å². The molecule has 3 N–H and O–H groups in total. The molecule has 0 bridgehead atoms. The third kappa shape index (κ3) is 8.58. The number of nitrogens with one attached hydrogen (secondary N) is 3. The maximum atomic E-state index is 10.9. The first kappa shape index (κ1) is 21.4. The first-order valence-electron chi connectivity index (χ1n) is 7.46. The number of nitrogens with zero attached hydrogens (tertiary/aromatic N) is 2. The van der Waals surface area contributed by atoms with Crippen LogP contribution in [-0.2, 0) is 0 Å². The smallest absolute Gasteiger partial charge is 0.292 e. The highest BCUT2D eigenvalue weighted by molar-refractivity contribution is 14.0. The summed E-state index contributed by atoms with van der Waals surface area (Å²) < 4.78 is 0. The van der Waals surface area contributed by atoms with Gasteiger partial charge < -0.3 is 16.0 Å². The van der Waals surface area contributed by atoms with Crippen molar-refractivity contribution in [1.82, 2.24) is 10.6 Å². The van der Waals surface area contributed by atoms with Crippen molar-refractivity contribution in [2.45, 2.75) is 20.3 Å². The lowest BCUT2D eigenvalue weighted by atomic mass is 10.1. The van der Waals surface area contributed by atoms with Crippen LogP contribution in [0.5, 0.6) is 0 Å². The van der Waals surface area contributed by atoms with Gasteiger partial charge in [-0.15, -0.1) is 24.0 Å². The van der Waals surface area contributed by atoms with E-state index in [0.717, 1.165) is 18.9 Å². The molecular weight excluding hydrogens is 409 g/mol. The van der Waals surface area contributed by atoms with Gasteiger partial charge in [-0.2, -0.15) is 0 Å². The van der Waals surface area contributed by atoms with E-state index in [-0.39, 0.29) is 34.6 Å². The molecule has 7 nitrogen and oxygen atoms in total. The van der Waals surface area contributed by atoms with E-state index in [0.29, 0.717) is 24.7 Å². The lowest BCUT2D eigenvalue weighted by Gasteiger charge is -2.13. The molecule has 130 valence electrons. The molecule has 0 radical (unpaired) electrons. The van der Waals surface area contributed by atoms with E-state index < -0.39 is 0 Å². The van der Waals surface area contributed by atoms with E-state index in [2.05, 4.69) is 34.8 Å². The first-order valence-corrected chi connectivity index (χ1v) is 7.46. The summed E-state index contributed by atoms with van der Waals surface area (Å²) in [5.74, 6) is 1.39. The Labute approximate surface area is 154 Å². The Morgan fingerprint density at radius 3 is 2.48 bits per heavy atom. The van der Waals surface area contributed by atoms with Crippen molar-refractivity contribution in [3.05, 3.63) is 34.4 Å². The molecule has 1 rings (SSSR count). The van der Waals surface area contributed by atoms with Crippen LogP contribution in [-0.4, -0.2) is 37.6 Å². The normalized spacial score (nSPS) is 10.9. The van der Waals surface area contributed by atoms with Crippen molar-refractivity contribution >= 4 is 41.3 Å². The lowest BCUT2D eigenvalue weighted by molar-refractivity contribution is -0.384. The number of para-hydroxylation sites is 2. The molecule has 1 aromatic carbocycles. The van der Waals surface area contributed by atoms with Crippen LogP contribution in [0.2, 0.25) is 0 Å². The summed E-state index contributed by atoms with van der Waals surface area (Å²) >= 11 is 0. The molecule has 0 aliphatic rings. The van der Waals surface area contributed by atoms with Crippen molar-refractivity contribution in [3.63, 3.8) is 0 Å². The SMILES string of the molecule is CN=C(NCCNc1ccccc1[N+](=O)[O-])NCCC(C)C.I. The van der Waals surface area contributed by atoms with Gasteiger partial charge in [-0.1, -0.05) is 26.0 Å². The second kappa shape index (κ2) is 11.9. The second-order valence-electron chi connectivity index (χ2n) is 5.31. The fourth-order valence-electron chi connectivity index (χ4n) is 1.86. The molecule has 0 saturated heterocycles. The number of nitro benzene ring substituents is 1. The molecule has 8 heteroatoms. The summed E-state index contributed by atoms with van der Waals surface area (Å²) in [5, 5.41) is 20.4. The van der Waals surface area contributed by atoms with E-state index in [9.17, 15) is 10.1 Å². The lowest BCUT2D eigenvalue weighted by Crippen LogP contribution is -2.40. The van der Waals surface area contributed by atoms with Crippen LogP contribution in [0.4, 0.5) is 11.4 Å². The Morgan fingerprint density at radius 2 is 1.87 bits per heavy atom. The Bertz CT molecular complexity index is 508. The number of guanidine groups is 1. The number of hydrogen-bond donors (Lipinski definition) is 3. The number of aliphatic imine (C=N–C) groups is 1. The van der Waals surface area contributed by atoms with Crippen molar-refractivity contribution in [3.8, 4) is 0 Å². The van der Waals surface area contributed by atoms with Crippen LogP contribution in [0.25, 0.3) is 0 Å². The molecule has 0 amide bonds. The highest BCUT2D eigenvalue weighted by Crippen LogP contribution is 2.22. The number of rotatable bonds is 8. The van der Waals surface area contributed by atoms with Crippen LogP contribution < -0.4 is 16.0 Å². The summed E-state index contributed by atoms with van der Waals surface area (Å²) in [7, 11) is 1.72. The summed E-state index contributed by atoms with van der Waals surface area (Å²) in [6.45, 7) is 6.40. The predicted octanol–water partition coefficient (Wildman–Crippen LogP) is 2.84. The number of halogens is 1. The van der Waals surface area contributed by atoms with Crippen LogP contribution in [0.1, 0.15) is 20.3 Å². The molecule has 0 aliphatic carbocycles. The molecule has 0 aromatic heterocycles. The fraction of sp³-hybridized carbons (Fsp3) is 0.533. The Kier molecular flexibility index (Phi) is 11.1. The summed E-state index contributed by atoms with van der Waals surface area (Å²) in [6, 6.07) is 6.62. The summed E-state index contributed by atoms with van der Waals surface area (Å²) in [4.78, 5) is 14.6. The first-order chi connectivity index (χ1) is 10.5. The third-order valence-corrected chi connectivity index (χ3v) is 3.07. The summed E-state index contributed by atoms with van der Waals surface area (Å²) in [5.41, 5.74) is 0.610. The van der Waals surface area contributed by atoms with Crippen LogP contribution in [0.15, 0.2) is 29.3 Å². The van der Waals surface area contributed by atoms with E-state index >= 15 is 0 Å². The number of anilines is 1. The van der Waals surface area contributed by atoms with Crippen molar-refractivity contribution in [2.24, 2.45) is 10.9 Å². The van der Waals surface area contributed by atoms with E-state index in [4.69, 9.17) is 0 Å². The standard InChI is InChI=1S/C15H25N5O2.HI/c1-12(2)8-9-18-15(16-3)19-11-10-17-13-6-4-5-7-14(13)20(21)22;/h4-7,12,17H,8-11H2,1-3H3,(H2,16,18,19);1H. The van der Waals surface area contributed by atoms with Gasteiger partial charge in [0.25, 0.3) is 5.69 Å². The zero-order valence-electron chi connectivity index (χ0n) is 13.8. The molecule has 0 unspecified atom stereocenters. The maximum Gasteiger partial charge on any atom is 0.292 e. The topological polar surface area (TPSA) is 91.6 Å². The van der Waals surface area contributed by atoms with Crippen molar-refractivity contribution in [1.29, 1.82) is 0 Å². The molecule has 0 spiro atoms. The average molecular weight is 435 g/mol. The van der Waals surface area contributed by atoms with E-state index in [1.54, 1.807) is 25.2 Å². The van der Waals surface area contributed by atoms with Gasteiger partial charge in [0.2, 0.25) is 0 Å². The molecule has 0 aliphatic heterocycles. The van der Waals surface area contributed by atoms with Gasteiger partial charge in [0.05, 0.1) is 4.92 Å². The maximum absolute atomic E-state index is 10.9. The summed E-state index contributed by atoms with van der Waals surface area (Å²) in [6.07, 6.45) is 1.08. The Hall–Kier alpha value is -1.58. The largest absolute Gasteiger partial charge is 0.378 e. The molecule has 23 heavy (non-hydrogen) atoms. The molecule has 0 atom stereocenters. The minimum atomic E-state index is -0.387. The molecule has 1 aromatic rings. The van der Waals surface area contributed by atoms with Crippen LogP contribution >= 0.6 is 24.0 Å². The Balaban J connectivity index is 0.00000484. The quantitative estimate of drug-likeness (QED) is 0.146. The third-order valence-electron chi connectivity index (χ3n) is 3.07. The van der Waals surface area contributed by atoms with Crippen molar-refractivity contribution in [2.75, 3.05) is 32.0 Å². The van der Waals surface area contributed by atoms with Gasteiger partial charge in [0, 0.05) is 32.7 Å². The molecule has 0 saturated carbocycles. The zero-order chi connectivity index (χ0) is 16.4. The van der Waals surface area contributed by atoms with E-state index in [1.165, 1.54) is 6.07 Å². The second-order valence-corrected chi connectivity index (χ2v) is 5.31. The highest BCUT2D eigenvalue weighted by Gasteiger charge is 2.11. The van der Waals surface area contributed by atoms with Gasteiger partial charge in [-0.3, -0.25) is 15.1 Å². The van der Waals surface area contributed by atoms with E-state index in [1.807, 2.05) is 0 Å². The minimum Gasteiger partial charge on any atom is -0.378 e. The number of nitro groups is 1. The molecule has 0 fully saturated rings. The average Bonchev–Trinajstić information content (AvgIpc) is 2.49. The highest BCUT2D eigenvalue weighted by atomic mass is 127. The number of benzene rings is 1. The van der Waals surface area contributed by atoms with Crippen LogP contribution in [0.3, 0.4) is 0 Å². The Morgan fingerprint density at radius 1 is 1.22 bits per heavy atom. The minimum absolute atomic E-state index is 0. The number of hydrogen-bond acceptors (Lipinski definition) is 4. The van der Waals surface area contributed by atoms with Gasteiger partial charge in [-0.05, 0) is 18.4 Å². The van der Waals surface area contributed by atoms with Gasteiger partial charge in [0.15, 0.2) is 5.96 Å². The fourth-order valence-corrected chi connectivity index (χ4v) is 1.86. The van der Waals surface area contributed by atoms with Gasteiger partial charge in [0.1, 0.15) is 5.69 Å². The predicted molar refractivity (Wildman–Crippen MR) is 106 cm³/mol. The monoisotopic (exact) mass is 435 g/mol. The molecule has 0 heterocycles.